The summed E-state index contributed by atoms with van der Waals surface area (Å²) in [5, 5.41) is 12.2. The second-order valence-corrected chi connectivity index (χ2v) is 4.64. The highest BCUT2D eigenvalue weighted by atomic mass is 16.3. The fourth-order valence-electron chi connectivity index (χ4n) is 2.19. The van der Waals surface area contributed by atoms with Gasteiger partial charge in [-0.1, -0.05) is 6.92 Å². The molecule has 0 aromatic heterocycles. The van der Waals surface area contributed by atoms with E-state index in [2.05, 4.69) is 31.1 Å². The molecule has 0 spiro atoms. The molecular formula is C11H24N2O. The highest BCUT2D eigenvalue weighted by Crippen LogP contribution is 2.20. The summed E-state index contributed by atoms with van der Waals surface area (Å²) in [6.45, 7) is 7.01. The second-order valence-electron chi connectivity index (χ2n) is 4.64. The zero-order valence-electron chi connectivity index (χ0n) is 9.66. The Labute approximate surface area is 87.5 Å². The largest absolute Gasteiger partial charge is 0.396 e. The molecule has 0 aromatic carbocycles. The van der Waals surface area contributed by atoms with Crippen molar-refractivity contribution in [2.24, 2.45) is 5.92 Å². The summed E-state index contributed by atoms with van der Waals surface area (Å²) in [4.78, 5) is 2.43. The van der Waals surface area contributed by atoms with E-state index in [9.17, 15) is 0 Å². The van der Waals surface area contributed by atoms with Crippen LogP contribution in [0.5, 0.6) is 0 Å². The molecule has 14 heavy (non-hydrogen) atoms. The van der Waals surface area contributed by atoms with Crippen molar-refractivity contribution in [3.05, 3.63) is 0 Å². The summed E-state index contributed by atoms with van der Waals surface area (Å²) in [5.41, 5.74) is 0. The maximum atomic E-state index is 8.71. The number of hydrogen-bond donors (Lipinski definition) is 2. The van der Waals surface area contributed by atoms with E-state index in [-0.39, 0.29) is 0 Å². The molecule has 3 atom stereocenters. The lowest BCUT2D eigenvalue weighted by Crippen LogP contribution is -2.51. The minimum absolute atomic E-state index is 0.295. The highest BCUT2D eigenvalue weighted by molar-refractivity contribution is 4.85. The van der Waals surface area contributed by atoms with Crippen molar-refractivity contribution in [3.63, 3.8) is 0 Å². The Bertz CT molecular complexity index is 163. The van der Waals surface area contributed by atoms with Gasteiger partial charge < -0.3 is 15.3 Å². The first-order valence-electron chi connectivity index (χ1n) is 5.69. The van der Waals surface area contributed by atoms with E-state index in [1.807, 2.05) is 0 Å². The zero-order valence-corrected chi connectivity index (χ0v) is 9.66. The van der Waals surface area contributed by atoms with Crippen molar-refractivity contribution in [1.82, 2.24) is 10.2 Å². The Balaban J connectivity index is 2.29. The lowest BCUT2D eigenvalue weighted by atomic mass is 9.90. The summed E-state index contributed by atoms with van der Waals surface area (Å²) in [6.07, 6.45) is 2.09. The van der Waals surface area contributed by atoms with Gasteiger partial charge in [-0.2, -0.15) is 0 Å². The smallest absolute Gasteiger partial charge is 0.0443 e. The van der Waals surface area contributed by atoms with Gasteiger partial charge in [0.2, 0.25) is 0 Å². The van der Waals surface area contributed by atoms with Gasteiger partial charge in [0.15, 0.2) is 0 Å². The first-order valence-corrected chi connectivity index (χ1v) is 5.69. The zero-order chi connectivity index (χ0) is 10.6. The van der Waals surface area contributed by atoms with Gasteiger partial charge in [-0.15, -0.1) is 0 Å². The van der Waals surface area contributed by atoms with Crippen LogP contribution in [0.4, 0.5) is 0 Å². The third kappa shape index (κ3) is 3.23. The van der Waals surface area contributed by atoms with E-state index in [0.29, 0.717) is 18.7 Å². The molecule has 1 aliphatic heterocycles. The van der Waals surface area contributed by atoms with Crippen molar-refractivity contribution >= 4 is 0 Å². The number of piperidine rings is 1. The Hall–Kier alpha value is -0.120. The van der Waals surface area contributed by atoms with E-state index >= 15 is 0 Å². The molecule has 0 unspecified atom stereocenters. The minimum atomic E-state index is 0.295. The predicted molar refractivity (Wildman–Crippen MR) is 59.4 cm³/mol. The van der Waals surface area contributed by atoms with Crippen LogP contribution in [0.1, 0.15) is 26.7 Å². The first kappa shape index (κ1) is 12.0. The molecule has 0 aliphatic carbocycles. The Morgan fingerprint density at radius 2 is 2.14 bits per heavy atom. The molecule has 1 aliphatic rings. The molecule has 1 fully saturated rings. The van der Waals surface area contributed by atoms with Gasteiger partial charge in [-0.05, 0) is 39.3 Å². The van der Waals surface area contributed by atoms with Crippen LogP contribution >= 0.6 is 0 Å². The second kappa shape index (κ2) is 5.69. The summed E-state index contributed by atoms with van der Waals surface area (Å²) in [7, 11) is 2.20. The molecule has 0 amide bonds. The average molecular weight is 200 g/mol. The monoisotopic (exact) mass is 200 g/mol. The summed E-state index contributed by atoms with van der Waals surface area (Å²) < 4.78 is 0. The minimum Gasteiger partial charge on any atom is -0.396 e. The topological polar surface area (TPSA) is 35.5 Å². The maximum Gasteiger partial charge on any atom is 0.0443 e. The number of likely N-dealkylation sites (tertiary alicyclic amines) is 1. The maximum absolute atomic E-state index is 8.71. The van der Waals surface area contributed by atoms with Crippen LogP contribution < -0.4 is 5.32 Å². The van der Waals surface area contributed by atoms with Gasteiger partial charge in [0.25, 0.3) is 0 Å². The average Bonchev–Trinajstić information content (AvgIpc) is 2.14. The van der Waals surface area contributed by atoms with E-state index in [0.717, 1.165) is 18.9 Å². The van der Waals surface area contributed by atoms with Crippen LogP contribution in [-0.2, 0) is 0 Å². The fourth-order valence-corrected chi connectivity index (χ4v) is 2.19. The molecule has 1 heterocycles. The third-order valence-corrected chi connectivity index (χ3v) is 3.35. The molecule has 3 nitrogen and oxygen atoms in total. The molecule has 1 rings (SSSR count). The Morgan fingerprint density at radius 3 is 2.79 bits per heavy atom. The number of rotatable bonds is 4. The van der Waals surface area contributed by atoms with E-state index in [1.165, 1.54) is 13.0 Å². The molecule has 0 aromatic rings. The third-order valence-electron chi connectivity index (χ3n) is 3.35. The van der Waals surface area contributed by atoms with Crippen LogP contribution in [-0.4, -0.2) is 48.8 Å². The molecule has 0 bridgehead atoms. The van der Waals surface area contributed by atoms with E-state index in [4.69, 9.17) is 5.11 Å². The van der Waals surface area contributed by atoms with E-state index in [1.54, 1.807) is 0 Å². The standard InChI is InChI=1S/C11H24N2O/c1-9-8-13(3)10(2)7-11(9)12-5-4-6-14/h9-12,14H,4-8H2,1-3H3/t9-,10-,11-/m1/s1. The number of aliphatic hydroxyl groups excluding tert-OH is 1. The van der Waals surface area contributed by atoms with Gasteiger partial charge in [-0.3, -0.25) is 0 Å². The van der Waals surface area contributed by atoms with Crippen LogP contribution in [0.15, 0.2) is 0 Å². The van der Waals surface area contributed by atoms with Gasteiger partial charge in [0, 0.05) is 25.2 Å². The van der Waals surface area contributed by atoms with Gasteiger partial charge in [-0.25, -0.2) is 0 Å². The van der Waals surface area contributed by atoms with Gasteiger partial charge in [0.1, 0.15) is 0 Å². The predicted octanol–water partition coefficient (Wildman–Crippen LogP) is 0.687. The number of nitrogens with zero attached hydrogens (tertiary/aromatic N) is 1. The number of hydrogen-bond acceptors (Lipinski definition) is 3. The van der Waals surface area contributed by atoms with Crippen molar-refractivity contribution in [1.29, 1.82) is 0 Å². The fraction of sp³-hybridized carbons (Fsp3) is 1.00. The van der Waals surface area contributed by atoms with Crippen LogP contribution in [0.3, 0.4) is 0 Å². The SMILES string of the molecule is C[C@@H]1CN(C)[C@H](C)C[C@H]1NCCCO. The number of nitrogens with one attached hydrogen (secondary N) is 1. The quantitative estimate of drug-likeness (QED) is 0.655. The van der Waals surface area contributed by atoms with Crippen molar-refractivity contribution < 1.29 is 5.11 Å². The van der Waals surface area contributed by atoms with Crippen LogP contribution in [0, 0.1) is 5.92 Å². The van der Waals surface area contributed by atoms with Crippen molar-refractivity contribution in [3.8, 4) is 0 Å². The molecule has 2 N–H and O–H groups in total. The van der Waals surface area contributed by atoms with Crippen LogP contribution in [0.2, 0.25) is 0 Å². The summed E-state index contributed by atoms with van der Waals surface area (Å²) in [6, 6.07) is 1.31. The van der Waals surface area contributed by atoms with Gasteiger partial charge in [0.05, 0.1) is 0 Å². The Morgan fingerprint density at radius 1 is 1.43 bits per heavy atom. The first-order chi connectivity index (χ1) is 6.65. The normalized spacial score (nSPS) is 34.7. The number of aliphatic hydroxyl groups is 1. The molecule has 0 saturated carbocycles. The molecule has 1 saturated heterocycles. The van der Waals surface area contributed by atoms with Crippen LogP contribution in [0.25, 0.3) is 0 Å². The van der Waals surface area contributed by atoms with Crippen molar-refractivity contribution in [2.75, 3.05) is 26.7 Å². The van der Waals surface area contributed by atoms with Crippen molar-refractivity contribution in [2.45, 2.75) is 38.8 Å². The molecule has 0 radical (unpaired) electrons. The lowest BCUT2D eigenvalue weighted by Gasteiger charge is -2.40. The summed E-state index contributed by atoms with van der Waals surface area (Å²) >= 11 is 0. The molecule has 3 heteroatoms. The van der Waals surface area contributed by atoms with E-state index < -0.39 is 0 Å². The Kier molecular flexibility index (Phi) is 4.85. The van der Waals surface area contributed by atoms with Gasteiger partial charge >= 0.3 is 0 Å². The molecule has 84 valence electrons. The summed E-state index contributed by atoms with van der Waals surface area (Å²) in [5.74, 6) is 0.717. The molecular weight excluding hydrogens is 176 g/mol. The lowest BCUT2D eigenvalue weighted by molar-refractivity contribution is 0.120. The highest BCUT2D eigenvalue weighted by Gasteiger charge is 2.27.